The van der Waals surface area contributed by atoms with E-state index in [9.17, 15) is 4.79 Å². The Hall–Kier alpha value is -1.88. The smallest absolute Gasteiger partial charge is 0.293 e. The van der Waals surface area contributed by atoms with E-state index in [0.717, 1.165) is 23.1 Å². The quantitative estimate of drug-likeness (QED) is 0.800. The molecule has 4 aliphatic carbocycles. The summed E-state index contributed by atoms with van der Waals surface area (Å²) in [5.74, 6) is 2.54. The van der Waals surface area contributed by atoms with Crippen LogP contribution in [0.3, 0.4) is 0 Å². The molecule has 0 saturated heterocycles. The number of hydrogen-bond acceptors (Lipinski definition) is 3. The molecule has 1 aromatic carbocycles. The summed E-state index contributed by atoms with van der Waals surface area (Å²) < 4.78 is 5.63. The molecule has 1 amide bonds. The minimum atomic E-state index is -0.279. The maximum atomic E-state index is 12.5. The van der Waals surface area contributed by atoms with Gasteiger partial charge in [-0.1, -0.05) is 18.2 Å². The van der Waals surface area contributed by atoms with Gasteiger partial charge in [0.05, 0.1) is 0 Å². The molecule has 2 aromatic rings. The fraction of sp³-hybridized carbons (Fsp3) is 0.500. The zero-order valence-electron chi connectivity index (χ0n) is 14.1. The third-order valence-electron chi connectivity index (χ3n) is 6.29. The topological polar surface area (TPSA) is 54.3 Å². The Morgan fingerprint density at radius 2 is 1.72 bits per heavy atom. The van der Waals surface area contributed by atoms with Gasteiger partial charge in [0, 0.05) is 10.9 Å². The average Bonchev–Trinajstić information content (AvgIpc) is 2.97. The molecule has 25 heavy (non-hydrogen) atoms. The van der Waals surface area contributed by atoms with E-state index in [2.05, 4.69) is 10.6 Å². The van der Waals surface area contributed by atoms with Crippen molar-refractivity contribution in [1.82, 2.24) is 10.6 Å². The number of benzene rings is 1. The highest BCUT2D eigenvalue weighted by Crippen LogP contribution is 2.55. The number of carbonyl (C=O) groups is 1. The molecule has 130 valence electrons. The van der Waals surface area contributed by atoms with E-state index < -0.39 is 0 Å². The van der Waals surface area contributed by atoms with Crippen molar-refractivity contribution in [2.24, 2.45) is 17.8 Å². The maximum Gasteiger partial charge on any atom is 0.293 e. The van der Waals surface area contributed by atoms with Crippen molar-refractivity contribution in [3.8, 4) is 0 Å². The summed E-state index contributed by atoms with van der Waals surface area (Å²) in [7, 11) is 0. The maximum absolute atomic E-state index is 12.5. The van der Waals surface area contributed by atoms with E-state index in [1.165, 1.54) is 38.5 Å². The lowest BCUT2D eigenvalue weighted by molar-refractivity contribution is -0.0101. The van der Waals surface area contributed by atoms with Crippen LogP contribution in [0.2, 0.25) is 0 Å². The van der Waals surface area contributed by atoms with Crippen molar-refractivity contribution in [3.63, 3.8) is 0 Å². The van der Waals surface area contributed by atoms with Crippen LogP contribution in [0.25, 0.3) is 11.0 Å². The molecule has 0 atom stereocenters. The summed E-state index contributed by atoms with van der Waals surface area (Å²) in [4.78, 5) is 12.5. The largest absolute Gasteiger partial charge is 0.451 e. The molecule has 0 unspecified atom stereocenters. The van der Waals surface area contributed by atoms with Gasteiger partial charge in [-0.2, -0.15) is 0 Å². The van der Waals surface area contributed by atoms with Crippen LogP contribution < -0.4 is 10.6 Å². The normalized spacial score (nSPS) is 32.7. The van der Waals surface area contributed by atoms with E-state index >= 15 is 0 Å². The number of fused-ring (bicyclic) bond motifs is 1. The standard InChI is InChI=1S/C20H22N2O2S/c23-18(17-8-15-3-1-2-4-16(15)24-17)21-19(25)22-20-9-12-5-13(10-20)7-14(6-12)11-20/h1-4,8,12-14H,5-7,9-11H2,(H2,21,22,23,25). The van der Waals surface area contributed by atoms with E-state index in [4.69, 9.17) is 16.6 Å². The van der Waals surface area contributed by atoms with Crippen molar-refractivity contribution in [2.75, 3.05) is 0 Å². The monoisotopic (exact) mass is 354 g/mol. The van der Waals surface area contributed by atoms with Gasteiger partial charge in [0.15, 0.2) is 10.9 Å². The molecule has 4 fully saturated rings. The first kappa shape index (κ1) is 15.4. The minimum Gasteiger partial charge on any atom is -0.451 e. The van der Waals surface area contributed by atoms with Crippen LogP contribution in [-0.4, -0.2) is 16.6 Å². The second kappa shape index (κ2) is 5.56. The number of thiocarbonyl (C=S) groups is 1. The van der Waals surface area contributed by atoms with Crippen LogP contribution >= 0.6 is 12.2 Å². The molecule has 4 nitrogen and oxygen atoms in total. The van der Waals surface area contributed by atoms with Gasteiger partial charge in [-0.25, -0.2) is 0 Å². The lowest BCUT2D eigenvalue weighted by Gasteiger charge is -2.57. The molecule has 4 bridgehead atoms. The van der Waals surface area contributed by atoms with Gasteiger partial charge in [0.2, 0.25) is 0 Å². The SMILES string of the molecule is O=C(NC(=S)NC12CC3CC(CC(C3)C1)C2)c1cc2ccccc2o1. The summed E-state index contributed by atoms with van der Waals surface area (Å²) >= 11 is 5.46. The Kier molecular flexibility index (Phi) is 3.42. The molecule has 4 saturated carbocycles. The van der Waals surface area contributed by atoms with E-state index in [1.54, 1.807) is 6.07 Å². The summed E-state index contributed by atoms with van der Waals surface area (Å²) in [6.45, 7) is 0. The van der Waals surface area contributed by atoms with E-state index in [-0.39, 0.29) is 11.4 Å². The molecule has 2 N–H and O–H groups in total. The van der Waals surface area contributed by atoms with Gasteiger partial charge in [-0.3, -0.25) is 10.1 Å². The predicted molar refractivity (Wildman–Crippen MR) is 100 cm³/mol. The average molecular weight is 354 g/mol. The van der Waals surface area contributed by atoms with E-state index in [0.29, 0.717) is 16.5 Å². The molecule has 0 radical (unpaired) electrons. The summed E-state index contributed by atoms with van der Waals surface area (Å²) in [5.41, 5.74) is 0.820. The first-order chi connectivity index (χ1) is 12.1. The Morgan fingerprint density at radius 1 is 1.08 bits per heavy atom. The zero-order valence-corrected chi connectivity index (χ0v) is 14.9. The molecule has 1 aromatic heterocycles. The van der Waals surface area contributed by atoms with E-state index in [1.807, 2.05) is 24.3 Å². The Balaban J connectivity index is 1.28. The Morgan fingerprint density at radius 3 is 2.36 bits per heavy atom. The van der Waals surface area contributed by atoms with Gasteiger partial charge in [-0.15, -0.1) is 0 Å². The molecule has 0 aliphatic heterocycles. The number of furan rings is 1. The van der Waals surface area contributed by atoms with Crippen LogP contribution in [0.5, 0.6) is 0 Å². The number of nitrogens with one attached hydrogen (secondary N) is 2. The molecular weight excluding hydrogens is 332 g/mol. The van der Waals surface area contributed by atoms with Crippen molar-refractivity contribution >= 4 is 34.2 Å². The molecule has 6 rings (SSSR count). The molecule has 0 spiro atoms. The summed E-state index contributed by atoms with van der Waals surface area (Å²) in [5, 5.41) is 7.70. The number of rotatable bonds is 2. The molecule has 4 aliphatic rings. The zero-order chi connectivity index (χ0) is 17.0. The molecule has 5 heteroatoms. The van der Waals surface area contributed by atoms with Gasteiger partial charge >= 0.3 is 0 Å². The second-order valence-corrected chi connectivity index (χ2v) is 8.66. The highest BCUT2D eigenvalue weighted by Gasteiger charge is 2.51. The first-order valence-electron chi connectivity index (χ1n) is 9.21. The van der Waals surface area contributed by atoms with Crippen molar-refractivity contribution in [1.29, 1.82) is 0 Å². The predicted octanol–water partition coefficient (Wildman–Crippen LogP) is 4.01. The van der Waals surface area contributed by atoms with Crippen LogP contribution in [0.15, 0.2) is 34.7 Å². The minimum absolute atomic E-state index is 0.104. The van der Waals surface area contributed by atoms with Gasteiger partial charge in [-0.05, 0) is 80.6 Å². The third kappa shape index (κ3) is 2.74. The van der Waals surface area contributed by atoms with Crippen LogP contribution in [0.4, 0.5) is 0 Å². The van der Waals surface area contributed by atoms with Gasteiger partial charge in [0.1, 0.15) is 5.58 Å². The van der Waals surface area contributed by atoms with Crippen LogP contribution in [-0.2, 0) is 0 Å². The Bertz CT molecular complexity index is 788. The Labute approximate surface area is 152 Å². The highest BCUT2D eigenvalue weighted by atomic mass is 32.1. The highest BCUT2D eigenvalue weighted by molar-refractivity contribution is 7.80. The number of carbonyl (C=O) groups excluding carboxylic acids is 1. The fourth-order valence-corrected chi connectivity index (χ4v) is 6.10. The van der Waals surface area contributed by atoms with Gasteiger partial charge in [0.25, 0.3) is 5.91 Å². The molecule has 1 heterocycles. The van der Waals surface area contributed by atoms with Crippen molar-refractivity contribution < 1.29 is 9.21 Å². The number of para-hydroxylation sites is 1. The van der Waals surface area contributed by atoms with Crippen LogP contribution in [0.1, 0.15) is 49.1 Å². The first-order valence-corrected chi connectivity index (χ1v) is 9.61. The van der Waals surface area contributed by atoms with Crippen molar-refractivity contribution in [3.05, 3.63) is 36.1 Å². The second-order valence-electron chi connectivity index (χ2n) is 8.25. The fourth-order valence-electron chi connectivity index (χ4n) is 5.79. The van der Waals surface area contributed by atoms with Gasteiger partial charge < -0.3 is 9.73 Å². The molecular formula is C20H22N2O2S. The summed E-state index contributed by atoms with van der Waals surface area (Å²) in [6.07, 6.45) is 7.75. The lowest BCUT2D eigenvalue weighted by Crippen LogP contribution is -2.61. The third-order valence-corrected chi connectivity index (χ3v) is 6.50. The summed E-state index contributed by atoms with van der Waals surface area (Å²) in [6, 6.07) is 9.38. The lowest BCUT2D eigenvalue weighted by atomic mass is 9.53. The van der Waals surface area contributed by atoms with Crippen molar-refractivity contribution in [2.45, 2.75) is 44.1 Å². The number of hydrogen-bond donors (Lipinski definition) is 2. The number of amides is 1. The van der Waals surface area contributed by atoms with Crippen LogP contribution in [0, 0.1) is 17.8 Å².